The SMILES string of the molecule is CCCN(CC(=O)N(Cc1ccccc1)Cc1sccc1C)C(=O)Nc1cccc(F)c1. The molecule has 0 aliphatic carbocycles. The second-order valence-corrected chi connectivity index (χ2v) is 8.62. The fourth-order valence-corrected chi connectivity index (χ4v) is 4.25. The first-order chi connectivity index (χ1) is 15.5. The average molecular weight is 454 g/mol. The molecule has 2 aromatic carbocycles. The number of hydrogen-bond acceptors (Lipinski definition) is 3. The minimum Gasteiger partial charge on any atom is -0.332 e. The number of rotatable bonds is 9. The standard InChI is InChI=1S/C25H28FN3O2S/c1-3-13-28(25(31)27-22-11-7-10-21(26)15-22)18-24(30)29(16-20-8-5-4-6-9-20)17-23-19(2)12-14-32-23/h4-12,14-15H,3,13,16-18H2,1-2H3,(H,27,31). The number of aryl methyl sites for hydroxylation is 1. The Morgan fingerprint density at radius 2 is 1.78 bits per heavy atom. The molecule has 0 spiro atoms. The Kier molecular flexibility index (Phi) is 8.39. The molecule has 168 valence electrons. The minimum absolute atomic E-state index is 0.0494. The van der Waals surface area contributed by atoms with Crippen LogP contribution in [0.15, 0.2) is 66.0 Å². The monoisotopic (exact) mass is 453 g/mol. The van der Waals surface area contributed by atoms with Crippen molar-refractivity contribution in [2.75, 3.05) is 18.4 Å². The first-order valence-corrected chi connectivity index (χ1v) is 11.5. The Hall–Kier alpha value is -3.19. The number of hydrogen-bond donors (Lipinski definition) is 1. The largest absolute Gasteiger partial charge is 0.332 e. The van der Waals surface area contributed by atoms with Crippen molar-refractivity contribution in [3.63, 3.8) is 0 Å². The van der Waals surface area contributed by atoms with Gasteiger partial charge in [-0.3, -0.25) is 4.79 Å². The van der Waals surface area contributed by atoms with Crippen LogP contribution in [0, 0.1) is 12.7 Å². The fraction of sp³-hybridized carbons (Fsp3) is 0.280. The van der Waals surface area contributed by atoms with Crippen molar-refractivity contribution >= 4 is 29.0 Å². The highest BCUT2D eigenvalue weighted by molar-refractivity contribution is 7.10. The van der Waals surface area contributed by atoms with E-state index >= 15 is 0 Å². The number of anilines is 1. The van der Waals surface area contributed by atoms with Gasteiger partial charge >= 0.3 is 6.03 Å². The Labute approximate surface area is 192 Å². The number of benzene rings is 2. The van der Waals surface area contributed by atoms with Gasteiger partial charge in [-0.2, -0.15) is 0 Å². The van der Waals surface area contributed by atoms with E-state index in [0.29, 0.717) is 31.7 Å². The van der Waals surface area contributed by atoms with Crippen LogP contribution in [0.4, 0.5) is 14.9 Å². The van der Waals surface area contributed by atoms with Gasteiger partial charge in [0.05, 0.1) is 6.54 Å². The maximum Gasteiger partial charge on any atom is 0.322 e. The quantitative estimate of drug-likeness (QED) is 0.454. The number of carbonyl (C=O) groups excluding carboxylic acids is 2. The molecular weight excluding hydrogens is 425 g/mol. The molecule has 3 amide bonds. The van der Waals surface area contributed by atoms with E-state index in [2.05, 4.69) is 5.32 Å². The molecule has 0 fully saturated rings. The molecule has 1 aromatic heterocycles. The zero-order chi connectivity index (χ0) is 22.9. The van der Waals surface area contributed by atoms with Crippen LogP contribution in [0.25, 0.3) is 0 Å². The summed E-state index contributed by atoms with van der Waals surface area (Å²) in [6.07, 6.45) is 0.701. The number of nitrogens with zero attached hydrogens (tertiary/aromatic N) is 2. The Morgan fingerprint density at radius 3 is 2.44 bits per heavy atom. The Balaban J connectivity index is 1.74. The minimum atomic E-state index is -0.429. The lowest BCUT2D eigenvalue weighted by molar-refractivity contribution is -0.133. The molecule has 0 aliphatic rings. The highest BCUT2D eigenvalue weighted by Crippen LogP contribution is 2.20. The maximum atomic E-state index is 13.5. The number of amides is 3. The van der Waals surface area contributed by atoms with Crippen molar-refractivity contribution in [2.45, 2.75) is 33.4 Å². The van der Waals surface area contributed by atoms with E-state index in [1.807, 2.05) is 55.6 Å². The predicted octanol–water partition coefficient (Wildman–Crippen LogP) is 5.67. The number of urea groups is 1. The summed E-state index contributed by atoms with van der Waals surface area (Å²) in [7, 11) is 0. The van der Waals surface area contributed by atoms with E-state index < -0.39 is 11.8 Å². The van der Waals surface area contributed by atoms with Crippen LogP contribution >= 0.6 is 11.3 Å². The molecule has 1 N–H and O–H groups in total. The van der Waals surface area contributed by atoms with Gasteiger partial charge in [0.2, 0.25) is 5.91 Å². The van der Waals surface area contributed by atoms with Crippen LogP contribution in [0.1, 0.15) is 29.3 Å². The molecule has 0 unspecified atom stereocenters. The number of nitrogens with one attached hydrogen (secondary N) is 1. The van der Waals surface area contributed by atoms with Crippen molar-refractivity contribution in [1.82, 2.24) is 9.80 Å². The summed E-state index contributed by atoms with van der Waals surface area (Å²) in [4.78, 5) is 30.5. The lowest BCUT2D eigenvalue weighted by Gasteiger charge is -2.28. The van der Waals surface area contributed by atoms with E-state index in [0.717, 1.165) is 16.0 Å². The van der Waals surface area contributed by atoms with Gasteiger partial charge in [0, 0.05) is 23.7 Å². The molecule has 0 atom stereocenters. The fourth-order valence-electron chi connectivity index (χ4n) is 3.33. The van der Waals surface area contributed by atoms with E-state index in [-0.39, 0.29) is 12.5 Å². The normalized spacial score (nSPS) is 10.6. The molecule has 0 saturated heterocycles. The van der Waals surface area contributed by atoms with Crippen LogP contribution in [-0.2, 0) is 17.9 Å². The predicted molar refractivity (Wildman–Crippen MR) is 127 cm³/mol. The van der Waals surface area contributed by atoms with E-state index in [1.54, 1.807) is 22.3 Å². The van der Waals surface area contributed by atoms with Crippen molar-refractivity contribution in [1.29, 1.82) is 0 Å². The molecule has 3 aromatic rings. The molecule has 1 heterocycles. The summed E-state index contributed by atoms with van der Waals surface area (Å²) >= 11 is 1.62. The van der Waals surface area contributed by atoms with Gasteiger partial charge in [-0.25, -0.2) is 9.18 Å². The lowest BCUT2D eigenvalue weighted by Crippen LogP contribution is -2.44. The molecule has 0 saturated carbocycles. The van der Waals surface area contributed by atoms with Gasteiger partial charge in [-0.15, -0.1) is 11.3 Å². The zero-order valence-corrected chi connectivity index (χ0v) is 19.2. The van der Waals surface area contributed by atoms with Crippen LogP contribution < -0.4 is 5.32 Å². The van der Waals surface area contributed by atoms with Gasteiger partial charge in [0.15, 0.2) is 0 Å². The van der Waals surface area contributed by atoms with Crippen LogP contribution in [0.5, 0.6) is 0 Å². The van der Waals surface area contributed by atoms with Crippen LogP contribution in [0.2, 0.25) is 0 Å². The third-order valence-corrected chi connectivity index (χ3v) is 6.06. The zero-order valence-electron chi connectivity index (χ0n) is 18.4. The smallest absolute Gasteiger partial charge is 0.322 e. The molecule has 0 radical (unpaired) electrons. The van der Waals surface area contributed by atoms with E-state index in [1.165, 1.54) is 23.1 Å². The van der Waals surface area contributed by atoms with Crippen LogP contribution in [0.3, 0.4) is 0 Å². The summed E-state index contributed by atoms with van der Waals surface area (Å²) in [5.74, 6) is -0.564. The summed E-state index contributed by atoms with van der Waals surface area (Å²) < 4.78 is 13.5. The van der Waals surface area contributed by atoms with Crippen molar-refractivity contribution in [2.24, 2.45) is 0 Å². The Morgan fingerprint density at radius 1 is 1.00 bits per heavy atom. The second-order valence-electron chi connectivity index (χ2n) is 7.62. The molecule has 3 rings (SSSR count). The van der Waals surface area contributed by atoms with Gasteiger partial charge in [-0.05, 0) is 54.1 Å². The Bertz CT molecular complexity index is 1040. The van der Waals surface area contributed by atoms with Crippen molar-refractivity contribution < 1.29 is 14.0 Å². The molecule has 0 aliphatic heterocycles. The lowest BCUT2D eigenvalue weighted by atomic mass is 10.2. The molecule has 0 bridgehead atoms. The van der Waals surface area contributed by atoms with Gasteiger partial charge in [0.25, 0.3) is 0 Å². The maximum absolute atomic E-state index is 13.5. The highest BCUT2D eigenvalue weighted by atomic mass is 32.1. The topological polar surface area (TPSA) is 52.7 Å². The third kappa shape index (κ3) is 6.65. The first-order valence-electron chi connectivity index (χ1n) is 10.6. The van der Waals surface area contributed by atoms with Gasteiger partial charge in [0.1, 0.15) is 12.4 Å². The first kappa shape index (κ1) is 23.5. The molecule has 5 nitrogen and oxygen atoms in total. The molecular formula is C25H28FN3O2S. The summed E-state index contributed by atoms with van der Waals surface area (Å²) in [5, 5.41) is 4.71. The third-order valence-electron chi connectivity index (χ3n) is 5.05. The summed E-state index contributed by atoms with van der Waals surface area (Å²) in [5.41, 5.74) is 2.54. The summed E-state index contributed by atoms with van der Waals surface area (Å²) in [6.45, 7) is 5.30. The number of carbonyl (C=O) groups is 2. The van der Waals surface area contributed by atoms with Gasteiger partial charge < -0.3 is 15.1 Å². The van der Waals surface area contributed by atoms with Crippen LogP contribution in [-0.4, -0.2) is 34.8 Å². The van der Waals surface area contributed by atoms with E-state index in [4.69, 9.17) is 0 Å². The summed E-state index contributed by atoms with van der Waals surface area (Å²) in [6, 6.07) is 17.2. The number of halogens is 1. The molecule has 7 heteroatoms. The molecule has 32 heavy (non-hydrogen) atoms. The van der Waals surface area contributed by atoms with Crippen molar-refractivity contribution in [3.8, 4) is 0 Å². The second kappa shape index (κ2) is 11.4. The number of thiophene rings is 1. The van der Waals surface area contributed by atoms with Crippen molar-refractivity contribution in [3.05, 3.63) is 87.9 Å². The van der Waals surface area contributed by atoms with E-state index in [9.17, 15) is 14.0 Å². The van der Waals surface area contributed by atoms with Gasteiger partial charge in [-0.1, -0.05) is 43.3 Å². The average Bonchev–Trinajstić information content (AvgIpc) is 3.18. The highest BCUT2D eigenvalue weighted by Gasteiger charge is 2.22.